The number of hydrogen-bond donors (Lipinski definition) is 1. The fraction of sp³-hybridized carbons (Fsp3) is 0.476. The van der Waals surface area contributed by atoms with Gasteiger partial charge in [-0.05, 0) is 43.7 Å². The molecule has 1 aliphatic heterocycles. The predicted octanol–water partition coefficient (Wildman–Crippen LogP) is 2.60. The second-order valence-electron chi connectivity index (χ2n) is 7.52. The van der Waals surface area contributed by atoms with Crippen molar-refractivity contribution >= 4 is 11.8 Å². The second kappa shape index (κ2) is 8.46. The van der Waals surface area contributed by atoms with E-state index < -0.39 is 0 Å². The number of aromatic nitrogens is 1. The van der Waals surface area contributed by atoms with Crippen molar-refractivity contribution in [2.75, 3.05) is 26.2 Å². The van der Waals surface area contributed by atoms with Crippen LogP contribution in [0.15, 0.2) is 40.9 Å². The van der Waals surface area contributed by atoms with Crippen molar-refractivity contribution in [3.8, 4) is 5.75 Å². The highest BCUT2D eigenvalue weighted by Gasteiger charge is 2.29. The van der Waals surface area contributed by atoms with E-state index in [1.54, 1.807) is 6.07 Å². The molecule has 0 radical (unpaired) electrons. The van der Waals surface area contributed by atoms with E-state index in [0.717, 1.165) is 31.4 Å². The van der Waals surface area contributed by atoms with E-state index in [1.807, 2.05) is 35.2 Å². The molecule has 2 fully saturated rings. The fourth-order valence-electron chi connectivity index (χ4n) is 3.42. The van der Waals surface area contributed by atoms with Crippen LogP contribution in [0, 0.1) is 5.92 Å². The maximum Gasteiger partial charge on any atom is 0.273 e. The number of likely N-dealkylation sites (tertiary alicyclic amines) is 1. The molecule has 7 nitrogen and oxygen atoms in total. The second-order valence-corrected chi connectivity index (χ2v) is 7.52. The molecule has 7 heteroatoms. The van der Waals surface area contributed by atoms with Crippen LogP contribution < -0.4 is 10.1 Å². The van der Waals surface area contributed by atoms with Crippen molar-refractivity contribution in [1.82, 2.24) is 15.4 Å². The maximum absolute atomic E-state index is 12.3. The Labute approximate surface area is 164 Å². The molecule has 2 heterocycles. The molecule has 1 saturated heterocycles. The Morgan fingerprint density at radius 2 is 1.89 bits per heavy atom. The van der Waals surface area contributed by atoms with Gasteiger partial charge in [0, 0.05) is 31.6 Å². The summed E-state index contributed by atoms with van der Waals surface area (Å²) in [6.45, 7) is 2.02. The van der Waals surface area contributed by atoms with E-state index in [0.29, 0.717) is 42.9 Å². The first-order valence-electron chi connectivity index (χ1n) is 9.89. The van der Waals surface area contributed by atoms with E-state index in [9.17, 15) is 9.59 Å². The minimum Gasteiger partial charge on any atom is -0.484 e. The Hall–Kier alpha value is -2.83. The number of hydrogen-bond acceptors (Lipinski definition) is 5. The first-order chi connectivity index (χ1) is 13.7. The highest BCUT2D eigenvalue weighted by molar-refractivity contribution is 5.92. The van der Waals surface area contributed by atoms with E-state index in [1.165, 1.54) is 0 Å². The molecule has 2 amide bonds. The molecule has 0 bridgehead atoms. The van der Waals surface area contributed by atoms with E-state index in [-0.39, 0.29) is 18.4 Å². The summed E-state index contributed by atoms with van der Waals surface area (Å²) in [5, 5.41) is 6.81. The predicted molar refractivity (Wildman–Crippen MR) is 102 cm³/mol. The molecule has 0 unspecified atom stereocenters. The quantitative estimate of drug-likeness (QED) is 0.794. The van der Waals surface area contributed by atoms with Crippen LogP contribution in [0.1, 0.15) is 47.8 Å². The largest absolute Gasteiger partial charge is 0.484 e. The van der Waals surface area contributed by atoms with Crippen LogP contribution in [0.3, 0.4) is 0 Å². The van der Waals surface area contributed by atoms with E-state index >= 15 is 0 Å². The molecule has 148 valence electrons. The fourth-order valence-corrected chi connectivity index (χ4v) is 3.42. The Balaban J connectivity index is 1.16. The van der Waals surface area contributed by atoms with E-state index in [4.69, 9.17) is 9.26 Å². The van der Waals surface area contributed by atoms with Gasteiger partial charge in [-0.3, -0.25) is 9.59 Å². The molecular formula is C21H25N3O4. The number of rotatable bonds is 7. The molecular weight excluding hydrogens is 358 g/mol. The molecule has 1 N–H and O–H groups in total. The lowest BCUT2D eigenvalue weighted by Gasteiger charge is -2.32. The average molecular weight is 383 g/mol. The highest BCUT2D eigenvalue weighted by atomic mass is 16.5. The van der Waals surface area contributed by atoms with Gasteiger partial charge in [0.1, 0.15) is 11.5 Å². The van der Waals surface area contributed by atoms with Crippen molar-refractivity contribution < 1.29 is 18.8 Å². The molecule has 1 saturated carbocycles. The van der Waals surface area contributed by atoms with Gasteiger partial charge in [-0.1, -0.05) is 23.4 Å². The van der Waals surface area contributed by atoms with Crippen LogP contribution >= 0.6 is 0 Å². The molecule has 28 heavy (non-hydrogen) atoms. The first-order valence-corrected chi connectivity index (χ1v) is 9.89. The van der Waals surface area contributed by atoms with Gasteiger partial charge in [0.15, 0.2) is 12.3 Å². The molecule has 1 aliphatic carbocycles. The molecule has 0 spiro atoms. The van der Waals surface area contributed by atoms with Gasteiger partial charge in [-0.2, -0.15) is 0 Å². The number of carbonyl (C=O) groups is 2. The number of ether oxygens (including phenoxy) is 1. The normalized spacial score (nSPS) is 17.4. The zero-order valence-corrected chi connectivity index (χ0v) is 15.8. The number of carbonyl (C=O) groups excluding carboxylic acids is 2. The molecule has 2 aromatic rings. The average Bonchev–Trinajstić information content (AvgIpc) is 3.48. The molecule has 4 rings (SSSR count). The summed E-state index contributed by atoms with van der Waals surface area (Å²) in [5.41, 5.74) is 0.354. The van der Waals surface area contributed by atoms with Crippen molar-refractivity contribution in [1.29, 1.82) is 0 Å². The number of nitrogens with one attached hydrogen (secondary N) is 1. The smallest absolute Gasteiger partial charge is 0.273 e. The standard InChI is InChI=1S/C21H25N3O4/c25-20(14-27-17-4-2-1-3-5-17)24-10-8-15(9-11-24)13-22-21(26)18-12-19(28-23-18)16-6-7-16/h1-5,12,15-16H,6-11,13-14H2,(H,22,26). The first kappa shape index (κ1) is 18.5. The maximum atomic E-state index is 12.3. The Morgan fingerprint density at radius 3 is 2.61 bits per heavy atom. The summed E-state index contributed by atoms with van der Waals surface area (Å²) in [4.78, 5) is 26.4. The summed E-state index contributed by atoms with van der Waals surface area (Å²) in [6, 6.07) is 11.1. The number of piperidine rings is 1. The van der Waals surface area contributed by atoms with E-state index in [2.05, 4.69) is 10.5 Å². The molecule has 0 atom stereocenters. The number of amides is 2. The summed E-state index contributed by atoms with van der Waals surface area (Å²) in [7, 11) is 0. The Morgan fingerprint density at radius 1 is 1.14 bits per heavy atom. The van der Waals surface area contributed by atoms with Crippen LogP contribution in [0.4, 0.5) is 0 Å². The van der Waals surface area contributed by atoms with Crippen molar-refractivity contribution in [2.45, 2.75) is 31.6 Å². The summed E-state index contributed by atoms with van der Waals surface area (Å²) < 4.78 is 10.8. The molecule has 1 aromatic heterocycles. The van der Waals surface area contributed by atoms with Gasteiger partial charge in [-0.25, -0.2) is 0 Å². The topological polar surface area (TPSA) is 84.7 Å². The van der Waals surface area contributed by atoms with Gasteiger partial charge in [0.05, 0.1) is 0 Å². The Kier molecular flexibility index (Phi) is 5.60. The third-order valence-corrected chi connectivity index (χ3v) is 5.36. The lowest BCUT2D eigenvalue weighted by molar-refractivity contribution is -0.134. The zero-order valence-electron chi connectivity index (χ0n) is 15.8. The lowest BCUT2D eigenvalue weighted by Crippen LogP contribution is -2.43. The van der Waals surface area contributed by atoms with Crippen LogP contribution in [0.25, 0.3) is 0 Å². The lowest BCUT2D eigenvalue weighted by atomic mass is 9.96. The number of para-hydroxylation sites is 1. The minimum atomic E-state index is -0.189. The van der Waals surface area contributed by atoms with Gasteiger partial charge >= 0.3 is 0 Å². The van der Waals surface area contributed by atoms with Crippen LogP contribution in [-0.2, 0) is 4.79 Å². The van der Waals surface area contributed by atoms with Gasteiger partial charge in [0.2, 0.25) is 0 Å². The van der Waals surface area contributed by atoms with Crippen molar-refractivity contribution in [3.63, 3.8) is 0 Å². The SMILES string of the molecule is O=C(NCC1CCN(C(=O)COc2ccccc2)CC1)c1cc(C2CC2)on1. The van der Waals surface area contributed by atoms with Crippen molar-refractivity contribution in [3.05, 3.63) is 47.9 Å². The summed E-state index contributed by atoms with van der Waals surface area (Å²) >= 11 is 0. The summed E-state index contributed by atoms with van der Waals surface area (Å²) in [5.74, 6) is 2.13. The van der Waals surface area contributed by atoms with Gasteiger partial charge in [0.25, 0.3) is 11.8 Å². The Bertz CT molecular complexity index is 808. The highest BCUT2D eigenvalue weighted by Crippen LogP contribution is 2.40. The number of benzene rings is 1. The minimum absolute atomic E-state index is 0.00143. The molecule has 1 aromatic carbocycles. The third-order valence-electron chi connectivity index (χ3n) is 5.36. The van der Waals surface area contributed by atoms with Crippen LogP contribution in [0.2, 0.25) is 0 Å². The van der Waals surface area contributed by atoms with Crippen LogP contribution in [-0.4, -0.2) is 48.1 Å². The van der Waals surface area contributed by atoms with Crippen molar-refractivity contribution in [2.24, 2.45) is 5.92 Å². The van der Waals surface area contributed by atoms with Crippen LogP contribution in [0.5, 0.6) is 5.75 Å². The zero-order chi connectivity index (χ0) is 19.3. The third kappa shape index (κ3) is 4.71. The van der Waals surface area contributed by atoms with Gasteiger partial charge in [-0.15, -0.1) is 0 Å². The summed E-state index contributed by atoms with van der Waals surface area (Å²) in [6.07, 6.45) is 3.96. The number of nitrogens with zero attached hydrogens (tertiary/aromatic N) is 2. The van der Waals surface area contributed by atoms with Gasteiger partial charge < -0.3 is 19.5 Å². The monoisotopic (exact) mass is 383 g/mol. The molecule has 2 aliphatic rings.